The quantitative estimate of drug-likeness (QED) is 0.849. The molecule has 2 aromatic carbocycles. The Kier molecular flexibility index (Phi) is 5.32. The molecule has 2 aromatic rings. The number of carbonyl (C=O) groups excluding carboxylic acids is 2. The Labute approximate surface area is 131 Å². The molecule has 0 bridgehead atoms. The van der Waals surface area contributed by atoms with E-state index in [-0.39, 0.29) is 6.61 Å². The van der Waals surface area contributed by atoms with Crippen molar-refractivity contribution >= 4 is 23.4 Å². The average molecular weight is 323 g/mol. The fraction of sp³-hybridized carbons (Fsp3) is 0.0667. The molecule has 22 heavy (non-hydrogen) atoms. The highest BCUT2D eigenvalue weighted by atomic mass is 35.5. The van der Waals surface area contributed by atoms with Crippen LogP contribution in [0.3, 0.4) is 0 Å². The van der Waals surface area contributed by atoms with Gasteiger partial charge in [0, 0.05) is 10.6 Å². The second kappa shape index (κ2) is 7.42. The normalized spacial score (nSPS) is 9.91. The number of halogens is 2. The van der Waals surface area contributed by atoms with Gasteiger partial charge in [0.2, 0.25) is 0 Å². The van der Waals surface area contributed by atoms with Gasteiger partial charge < -0.3 is 4.74 Å². The van der Waals surface area contributed by atoms with E-state index in [0.717, 1.165) is 0 Å². The van der Waals surface area contributed by atoms with Crippen molar-refractivity contribution in [1.82, 2.24) is 10.9 Å². The molecule has 0 spiro atoms. The molecular formula is C15H12ClFN2O3. The number of amides is 2. The summed E-state index contributed by atoms with van der Waals surface area (Å²) < 4.78 is 17.8. The number of nitrogens with one attached hydrogen (secondary N) is 2. The van der Waals surface area contributed by atoms with Gasteiger partial charge in [-0.3, -0.25) is 20.4 Å². The fourth-order valence-electron chi connectivity index (χ4n) is 1.54. The van der Waals surface area contributed by atoms with Crippen molar-refractivity contribution in [1.29, 1.82) is 0 Å². The van der Waals surface area contributed by atoms with Gasteiger partial charge in [-0.25, -0.2) is 4.39 Å². The first-order chi connectivity index (χ1) is 10.5. The highest BCUT2D eigenvalue weighted by Gasteiger charge is 2.08. The zero-order valence-electron chi connectivity index (χ0n) is 11.3. The van der Waals surface area contributed by atoms with Crippen LogP contribution >= 0.6 is 11.6 Å². The highest BCUT2D eigenvalue weighted by Crippen LogP contribution is 2.11. The van der Waals surface area contributed by atoms with Gasteiger partial charge in [0.25, 0.3) is 11.8 Å². The second-order valence-electron chi connectivity index (χ2n) is 4.26. The van der Waals surface area contributed by atoms with Crippen LogP contribution in [0.5, 0.6) is 5.75 Å². The monoisotopic (exact) mass is 322 g/mol. The molecular weight excluding hydrogens is 311 g/mol. The van der Waals surface area contributed by atoms with Gasteiger partial charge in [0.1, 0.15) is 11.6 Å². The van der Waals surface area contributed by atoms with Gasteiger partial charge in [-0.2, -0.15) is 0 Å². The topological polar surface area (TPSA) is 67.4 Å². The molecule has 0 heterocycles. The van der Waals surface area contributed by atoms with E-state index in [4.69, 9.17) is 16.3 Å². The molecule has 7 heteroatoms. The molecule has 2 amide bonds. The van der Waals surface area contributed by atoms with Crippen molar-refractivity contribution in [2.75, 3.05) is 6.61 Å². The Hall–Kier alpha value is -2.60. The summed E-state index contributed by atoms with van der Waals surface area (Å²) in [6, 6.07) is 11.5. The van der Waals surface area contributed by atoms with Crippen LogP contribution < -0.4 is 15.6 Å². The summed E-state index contributed by atoms with van der Waals surface area (Å²) in [5, 5.41) is 0.415. The van der Waals surface area contributed by atoms with Crippen molar-refractivity contribution < 1.29 is 18.7 Å². The first-order valence-electron chi connectivity index (χ1n) is 6.28. The van der Waals surface area contributed by atoms with Gasteiger partial charge in [-0.1, -0.05) is 17.7 Å². The minimum absolute atomic E-state index is 0.312. The number of hydrogen-bond donors (Lipinski definition) is 2. The Morgan fingerprint density at radius 1 is 1.09 bits per heavy atom. The lowest BCUT2D eigenvalue weighted by Gasteiger charge is -2.09. The van der Waals surface area contributed by atoms with E-state index in [1.54, 1.807) is 18.2 Å². The van der Waals surface area contributed by atoms with Crippen LogP contribution in [0.1, 0.15) is 10.4 Å². The van der Waals surface area contributed by atoms with Crippen LogP contribution in [0.15, 0.2) is 48.5 Å². The molecule has 0 radical (unpaired) electrons. The summed E-state index contributed by atoms with van der Waals surface area (Å²) in [6.45, 7) is -0.318. The third-order valence-corrected chi connectivity index (χ3v) is 2.82. The van der Waals surface area contributed by atoms with E-state index in [1.165, 1.54) is 30.3 Å². The van der Waals surface area contributed by atoms with Gasteiger partial charge in [0.15, 0.2) is 6.61 Å². The molecule has 0 fully saturated rings. The zero-order chi connectivity index (χ0) is 15.9. The predicted molar refractivity (Wildman–Crippen MR) is 79.0 cm³/mol. The van der Waals surface area contributed by atoms with Crippen LogP contribution in [0.4, 0.5) is 4.39 Å². The number of benzene rings is 2. The van der Waals surface area contributed by atoms with Gasteiger partial charge >= 0.3 is 0 Å². The molecule has 0 aliphatic carbocycles. The van der Waals surface area contributed by atoms with Gasteiger partial charge in [-0.15, -0.1) is 0 Å². The maximum Gasteiger partial charge on any atom is 0.276 e. The number of rotatable bonds is 4. The van der Waals surface area contributed by atoms with E-state index >= 15 is 0 Å². The molecule has 0 unspecified atom stereocenters. The fourth-order valence-corrected chi connectivity index (χ4v) is 1.73. The number of ether oxygens (including phenoxy) is 1. The van der Waals surface area contributed by atoms with Crippen LogP contribution in [-0.2, 0) is 4.79 Å². The third-order valence-electron chi connectivity index (χ3n) is 2.59. The Morgan fingerprint density at radius 3 is 2.50 bits per heavy atom. The Balaban J connectivity index is 1.78. The van der Waals surface area contributed by atoms with E-state index in [0.29, 0.717) is 16.3 Å². The summed E-state index contributed by atoms with van der Waals surface area (Å²) in [6.07, 6.45) is 0. The summed E-state index contributed by atoms with van der Waals surface area (Å²) in [5.74, 6) is -1.11. The zero-order valence-corrected chi connectivity index (χ0v) is 12.1. The minimum Gasteiger partial charge on any atom is -0.484 e. The Bertz CT molecular complexity index is 677. The molecule has 5 nitrogen and oxygen atoms in total. The Morgan fingerprint density at radius 2 is 1.82 bits per heavy atom. The van der Waals surface area contributed by atoms with E-state index < -0.39 is 17.6 Å². The number of hydrazine groups is 1. The minimum atomic E-state index is -0.556. The van der Waals surface area contributed by atoms with Crippen LogP contribution in [-0.4, -0.2) is 18.4 Å². The summed E-state index contributed by atoms with van der Waals surface area (Å²) in [5.41, 5.74) is 4.75. The molecule has 0 saturated heterocycles. The van der Waals surface area contributed by atoms with Crippen molar-refractivity contribution in [2.24, 2.45) is 0 Å². The lowest BCUT2D eigenvalue weighted by Crippen LogP contribution is -2.43. The first kappa shape index (κ1) is 15.8. The number of carbonyl (C=O) groups is 2. The molecule has 114 valence electrons. The van der Waals surface area contributed by atoms with Crippen LogP contribution in [0, 0.1) is 5.82 Å². The standard InChI is InChI=1S/C15H12ClFN2O3/c16-11-3-1-2-10(8-11)15(21)19-18-14(20)9-22-13-6-4-12(17)5-7-13/h1-8H,9H2,(H,18,20)(H,19,21). The maximum atomic E-state index is 12.7. The third kappa shape index (κ3) is 4.75. The lowest BCUT2D eigenvalue weighted by atomic mass is 10.2. The van der Waals surface area contributed by atoms with Gasteiger partial charge in [-0.05, 0) is 42.5 Å². The summed E-state index contributed by atoms with van der Waals surface area (Å²) in [7, 11) is 0. The lowest BCUT2D eigenvalue weighted by molar-refractivity contribution is -0.123. The van der Waals surface area contributed by atoms with Crippen molar-refractivity contribution in [2.45, 2.75) is 0 Å². The van der Waals surface area contributed by atoms with Gasteiger partial charge in [0.05, 0.1) is 0 Å². The van der Waals surface area contributed by atoms with E-state index in [9.17, 15) is 14.0 Å². The smallest absolute Gasteiger partial charge is 0.276 e. The van der Waals surface area contributed by atoms with Crippen LogP contribution in [0.2, 0.25) is 5.02 Å². The summed E-state index contributed by atoms with van der Waals surface area (Å²) >= 11 is 5.77. The molecule has 0 atom stereocenters. The number of hydrogen-bond acceptors (Lipinski definition) is 3. The molecule has 0 aromatic heterocycles. The first-order valence-corrected chi connectivity index (χ1v) is 6.65. The molecule has 0 aliphatic rings. The van der Waals surface area contributed by atoms with Crippen molar-refractivity contribution in [3.05, 3.63) is 64.9 Å². The molecule has 2 N–H and O–H groups in total. The highest BCUT2D eigenvalue weighted by molar-refractivity contribution is 6.30. The molecule has 0 aliphatic heterocycles. The van der Waals surface area contributed by atoms with Crippen molar-refractivity contribution in [3.8, 4) is 5.75 Å². The average Bonchev–Trinajstić information content (AvgIpc) is 2.52. The largest absolute Gasteiger partial charge is 0.484 e. The molecule has 2 rings (SSSR count). The van der Waals surface area contributed by atoms with Crippen LogP contribution in [0.25, 0.3) is 0 Å². The van der Waals surface area contributed by atoms with E-state index in [2.05, 4.69) is 10.9 Å². The SMILES string of the molecule is O=C(COc1ccc(F)cc1)NNC(=O)c1cccc(Cl)c1. The van der Waals surface area contributed by atoms with Crippen molar-refractivity contribution in [3.63, 3.8) is 0 Å². The predicted octanol–water partition coefficient (Wildman–Crippen LogP) is 2.32. The summed E-state index contributed by atoms with van der Waals surface area (Å²) in [4.78, 5) is 23.3. The second-order valence-corrected chi connectivity index (χ2v) is 4.69. The maximum absolute atomic E-state index is 12.7. The van der Waals surface area contributed by atoms with E-state index in [1.807, 2.05) is 0 Å². The molecule has 0 saturated carbocycles.